The van der Waals surface area contributed by atoms with Gasteiger partial charge >= 0.3 is 0 Å². The van der Waals surface area contributed by atoms with Crippen LogP contribution in [0.4, 0.5) is 4.39 Å². The number of aliphatic imine (C=N–C) groups is 1. The molecule has 0 saturated carbocycles. The van der Waals surface area contributed by atoms with Crippen LogP contribution in [0.25, 0.3) is 0 Å². The van der Waals surface area contributed by atoms with Crippen LogP contribution in [-0.2, 0) is 13.1 Å². The fourth-order valence-electron chi connectivity index (χ4n) is 2.17. The Labute approximate surface area is 135 Å². The molecular weight excluding hydrogens is 291 g/mol. The van der Waals surface area contributed by atoms with Gasteiger partial charge in [-0.05, 0) is 36.2 Å². The van der Waals surface area contributed by atoms with Gasteiger partial charge in [0.05, 0.1) is 11.6 Å². The number of hydrogen-bond donors (Lipinski definition) is 2. The Hall–Kier alpha value is -2.87. The molecule has 0 aliphatic heterocycles. The third-order valence-electron chi connectivity index (χ3n) is 3.55. The number of hydrogen-bond acceptors (Lipinski definition) is 2. The maximum atomic E-state index is 13.8. The zero-order valence-electron chi connectivity index (χ0n) is 13.2. The second-order valence-corrected chi connectivity index (χ2v) is 5.12. The second kappa shape index (κ2) is 7.95. The number of guanidine groups is 1. The molecule has 0 heterocycles. The van der Waals surface area contributed by atoms with Crippen molar-refractivity contribution in [3.8, 4) is 6.07 Å². The summed E-state index contributed by atoms with van der Waals surface area (Å²) in [5.41, 5.74) is 3.24. The highest BCUT2D eigenvalue weighted by molar-refractivity contribution is 5.79. The Morgan fingerprint density at radius 2 is 1.83 bits per heavy atom. The molecule has 0 atom stereocenters. The molecule has 5 heteroatoms. The fourth-order valence-corrected chi connectivity index (χ4v) is 2.17. The Kier molecular flexibility index (Phi) is 5.70. The first kappa shape index (κ1) is 16.5. The van der Waals surface area contributed by atoms with Gasteiger partial charge in [0.25, 0.3) is 0 Å². The first-order chi connectivity index (χ1) is 11.1. The molecule has 4 nitrogen and oxygen atoms in total. The van der Waals surface area contributed by atoms with Crippen molar-refractivity contribution < 1.29 is 4.39 Å². The lowest BCUT2D eigenvalue weighted by atomic mass is 10.1. The SMILES string of the molecule is CN=C(NCc1ccccc1C)NCc1cc(C#N)ccc1F. The van der Waals surface area contributed by atoms with E-state index < -0.39 is 0 Å². The van der Waals surface area contributed by atoms with Gasteiger partial charge < -0.3 is 10.6 Å². The molecule has 23 heavy (non-hydrogen) atoms. The lowest BCUT2D eigenvalue weighted by Crippen LogP contribution is -2.36. The van der Waals surface area contributed by atoms with Crippen LogP contribution >= 0.6 is 0 Å². The van der Waals surface area contributed by atoms with Crippen LogP contribution in [0.15, 0.2) is 47.5 Å². The van der Waals surface area contributed by atoms with Crippen molar-refractivity contribution in [3.63, 3.8) is 0 Å². The van der Waals surface area contributed by atoms with Crippen LogP contribution in [-0.4, -0.2) is 13.0 Å². The average molecular weight is 310 g/mol. The molecule has 0 aliphatic carbocycles. The predicted octanol–water partition coefficient (Wildman–Crippen LogP) is 2.87. The summed E-state index contributed by atoms with van der Waals surface area (Å²) in [6.07, 6.45) is 0. The van der Waals surface area contributed by atoms with Crippen molar-refractivity contribution in [3.05, 3.63) is 70.5 Å². The molecule has 0 bridgehead atoms. The highest BCUT2D eigenvalue weighted by Gasteiger charge is 2.05. The molecule has 118 valence electrons. The van der Waals surface area contributed by atoms with E-state index in [9.17, 15) is 4.39 Å². The Morgan fingerprint density at radius 1 is 1.13 bits per heavy atom. The molecule has 0 spiro atoms. The number of aryl methyl sites for hydroxylation is 1. The topological polar surface area (TPSA) is 60.2 Å². The van der Waals surface area contributed by atoms with Crippen LogP contribution in [0.5, 0.6) is 0 Å². The summed E-state index contributed by atoms with van der Waals surface area (Å²) < 4.78 is 13.8. The van der Waals surface area contributed by atoms with Crippen molar-refractivity contribution in [2.75, 3.05) is 7.05 Å². The number of nitriles is 1. The summed E-state index contributed by atoms with van der Waals surface area (Å²) in [4.78, 5) is 4.13. The van der Waals surface area contributed by atoms with Gasteiger partial charge in [-0.25, -0.2) is 4.39 Å². The van der Waals surface area contributed by atoms with E-state index in [4.69, 9.17) is 5.26 Å². The van der Waals surface area contributed by atoms with E-state index in [1.54, 1.807) is 7.05 Å². The van der Waals surface area contributed by atoms with Crippen LogP contribution in [0.2, 0.25) is 0 Å². The average Bonchev–Trinajstić information content (AvgIpc) is 2.57. The number of nitrogens with one attached hydrogen (secondary N) is 2. The number of rotatable bonds is 4. The molecule has 2 rings (SSSR count). The minimum absolute atomic E-state index is 0.259. The quantitative estimate of drug-likeness (QED) is 0.674. The molecule has 2 aromatic carbocycles. The van der Waals surface area contributed by atoms with Gasteiger partial charge in [-0.15, -0.1) is 0 Å². The monoisotopic (exact) mass is 310 g/mol. The molecule has 0 aliphatic rings. The third kappa shape index (κ3) is 4.55. The summed E-state index contributed by atoms with van der Waals surface area (Å²) in [5, 5.41) is 15.1. The maximum absolute atomic E-state index is 13.8. The summed E-state index contributed by atoms with van der Waals surface area (Å²) in [6.45, 7) is 2.94. The van der Waals surface area contributed by atoms with Crippen molar-refractivity contribution in [1.29, 1.82) is 5.26 Å². The molecular formula is C18H19FN4. The van der Waals surface area contributed by atoms with Crippen LogP contribution in [0, 0.1) is 24.1 Å². The largest absolute Gasteiger partial charge is 0.352 e. The normalized spacial score (nSPS) is 11.0. The van der Waals surface area contributed by atoms with E-state index >= 15 is 0 Å². The molecule has 0 unspecified atom stereocenters. The standard InChI is InChI=1S/C18H19FN4/c1-13-5-3-4-6-15(13)11-22-18(21-2)23-12-16-9-14(10-20)7-8-17(16)19/h3-9H,11-12H2,1-2H3,(H2,21,22,23). The smallest absolute Gasteiger partial charge is 0.191 e. The zero-order valence-corrected chi connectivity index (χ0v) is 13.2. The van der Waals surface area contributed by atoms with E-state index in [-0.39, 0.29) is 12.4 Å². The molecule has 0 amide bonds. The van der Waals surface area contributed by atoms with E-state index in [2.05, 4.69) is 28.6 Å². The van der Waals surface area contributed by atoms with E-state index in [1.807, 2.05) is 24.3 Å². The van der Waals surface area contributed by atoms with Crippen LogP contribution < -0.4 is 10.6 Å². The number of nitrogens with zero attached hydrogens (tertiary/aromatic N) is 2. The number of halogens is 1. The van der Waals surface area contributed by atoms with E-state index in [0.29, 0.717) is 23.6 Å². The summed E-state index contributed by atoms with van der Waals surface area (Å²) in [6, 6.07) is 14.4. The first-order valence-corrected chi connectivity index (χ1v) is 7.31. The minimum atomic E-state index is -0.342. The van der Waals surface area contributed by atoms with E-state index in [0.717, 1.165) is 0 Å². The van der Waals surface area contributed by atoms with Crippen molar-refractivity contribution >= 4 is 5.96 Å². The minimum Gasteiger partial charge on any atom is -0.352 e. The molecule has 0 fully saturated rings. The maximum Gasteiger partial charge on any atom is 0.191 e. The van der Waals surface area contributed by atoms with E-state index in [1.165, 1.54) is 29.3 Å². The van der Waals surface area contributed by atoms with Gasteiger partial charge in [0.1, 0.15) is 5.82 Å². The van der Waals surface area contributed by atoms with Gasteiger partial charge in [0, 0.05) is 25.7 Å². The molecule has 0 saturated heterocycles. The molecule has 0 radical (unpaired) electrons. The summed E-state index contributed by atoms with van der Waals surface area (Å²) >= 11 is 0. The molecule has 0 aromatic heterocycles. The van der Waals surface area contributed by atoms with Gasteiger partial charge in [-0.3, -0.25) is 4.99 Å². The Morgan fingerprint density at radius 3 is 2.48 bits per heavy atom. The molecule has 2 N–H and O–H groups in total. The lowest BCUT2D eigenvalue weighted by Gasteiger charge is -2.13. The molecule has 2 aromatic rings. The zero-order chi connectivity index (χ0) is 16.7. The van der Waals surface area contributed by atoms with Crippen LogP contribution in [0.1, 0.15) is 22.3 Å². The van der Waals surface area contributed by atoms with Crippen molar-refractivity contribution in [1.82, 2.24) is 10.6 Å². The predicted molar refractivity (Wildman–Crippen MR) is 89.3 cm³/mol. The first-order valence-electron chi connectivity index (χ1n) is 7.31. The fraction of sp³-hybridized carbons (Fsp3) is 0.222. The van der Waals surface area contributed by atoms with Gasteiger partial charge in [0.15, 0.2) is 5.96 Å². The Balaban J connectivity index is 1.96. The van der Waals surface area contributed by atoms with Crippen molar-refractivity contribution in [2.24, 2.45) is 4.99 Å². The van der Waals surface area contributed by atoms with Gasteiger partial charge in [-0.2, -0.15) is 5.26 Å². The highest BCUT2D eigenvalue weighted by Crippen LogP contribution is 2.10. The Bertz CT molecular complexity index is 747. The lowest BCUT2D eigenvalue weighted by molar-refractivity contribution is 0.604. The third-order valence-corrected chi connectivity index (χ3v) is 3.55. The number of benzene rings is 2. The van der Waals surface area contributed by atoms with Crippen molar-refractivity contribution in [2.45, 2.75) is 20.0 Å². The second-order valence-electron chi connectivity index (χ2n) is 5.12. The van der Waals surface area contributed by atoms with Crippen LogP contribution in [0.3, 0.4) is 0 Å². The van der Waals surface area contributed by atoms with Gasteiger partial charge in [-0.1, -0.05) is 24.3 Å². The highest BCUT2D eigenvalue weighted by atomic mass is 19.1. The van der Waals surface area contributed by atoms with Gasteiger partial charge in [0.2, 0.25) is 0 Å². The summed E-state index contributed by atoms with van der Waals surface area (Å²) in [5.74, 6) is 0.237. The summed E-state index contributed by atoms with van der Waals surface area (Å²) in [7, 11) is 1.66.